The molecule has 0 heterocycles. The zero-order valence-electron chi connectivity index (χ0n) is 10.9. The Morgan fingerprint density at radius 1 is 1.18 bits per heavy atom. The topological polar surface area (TPSA) is 32.5 Å². The number of halogens is 1. The number of hydrogen-bond donors (Lipinski definition) is 1. The molecule has 0 amide bonds. The van der Waals surface area contributed by atoms with E-state index in [2.05, 4.69) is 23.9 Å². The third-order valence-corrected chi connectivity index (χ3v) is 2.73. The zero-order chi connectivity index (χ0) is 12.8. The van der Waals surface area contributed by atoms with Gasteiger partial charge in [-0.25, -0.2) is 4.39 Å². The van der Waals surface area contributed by atoms with Gasteiger partial charge in [-0.3, -0.25) is 0 Å². The predicted octanol–water partition coefficient (Wildman–Crippen LogP) is 1.79. The molecule has 2 N–H and O–H groups in total. The maximum absolute atomic E-state index is 13.2. The highest BCUT2D eigenvalue weighted by atomic mass is 19.1. The molecule has 0 atom stereocenters. The Balaban J connectivity index is 2.45. The van der Waals surface area contributed by atoms with Crippen molar-refractivity contribution in [1.82, 2.24) is 9.80 Å². The van der Waals surface area contributed by atoms with Gasteiger partial charge in [0.25, 0.3) is 0 Å². The fourth-order valence-corrected chi connectivity index (χ4v) is 1.75. The SMILES string of the molecule is CN(C)CCCN(C)Cc1cccc(F)c1N. The van der Waals surface area contributed by atoms with Gasteiger partial charge in [-0.15, -0.1) is 0 Å². The third kappa shape index (κ3) is 4.71. The third-order valence-electron chi connectivity index (χ3n) is 2.73. The van der Waals surface area contributed by atoms with Crippen LogP contribution in [0.25, 0.3) is 0 Å². The average molecular weight is 239 g/mol. The first-order valence-electron chi connectivity index (χ1n) is 5.87. The number of nitrogen functional groups attached to an aromatic ring is 1. The maximum Gasteiger partial charge on any atom is 0.146 e. The smallest absolute Gasteiger partial charge is 0.146 e. The number of anilines is 1. The van der Waals surface area contributed by atoms with Crippen LogP contribution in [0.15, 0.2) is 18.2 Å². The Labute approximate surface area is 103 Å². The normalized spacial score (nSPS) is 11.4. The van der Waals surface area contributed by atoms with Gasteiger partial charge in [-0.05, 0) is 52.3 Å². The molecule has 0 aliphatic rings. The summed E-state index contributed by atoms with van der Waals surface area (Å²) < 4.78 is 13.2. The Morgan fingerprint density at radius 2 is 1.88 bits per heavy atom. The molecule has 3 nitrogen and oxygen atoms in total. The van der Waals surface area contributed by atoms with Crippen molar-refractivity contribution in [3.05, 3.63) is 29.6 Å². The summed E-state index contributed by atoms with van der Waals surface area (Å²) >= 11 is 0. The van der Waals surface area contributed by atoms with E-state index in [1.165, 1.54) is 6.07 Å². The molecule has 0 unspecified atom stereocenters. The van der Waals surface area contributed by atoms with E-state index in [4.69, 9.17) is 5.73 Å². The molecular formula is C13H22FN3. The molecule has 0 saturated carbocycles. The van der Waals surface area contributed by atoms with E-state index in [9.17, 15) is 4.39 Å². The fourth-order valence-electron chi connectivity index (χ4n) is 1.75. The number of benzene rings is 1. The molecular weight excluding hydrogens is 217 g/mol. The molecule has 0 bridgehead atoms. The summed E-state index contributed by atoms with van der Waals surface area (Å²) in [6.45, 7) is 2.73. The van der Waals surface area contributed by atoms with Crippen LogP contribution >= 0.6 is 0 Å². The first-order chi connectivity index (χ1) is 8.00. The highest BCUT2D eigenvalue weighted by Gasteiger charge is 2.07. The van der Waals surface area contributed by atoms with Gasteiger partial charge in [0.05, 0.1) is 5.69 Å². The lowest BCUT2D eigenvalue weighted by molar-refractivity contribution is 0.295. The van der Waals surface area contributed by atoms with Crippen LogP contribution in [0, 0.1) is 5.82 Å². The van der Waals surface area contributed by atoms with Crippen LogP contribution in [0.3, 0.4) is 0 Å². The van der Waals surface area contributed by atoms with Crippen LogP contribution in [0.2, 0.25) is 0 Å². The zero-order valence-corrected chi connectivity index (χ0v) is 10.9. The number of nitrogens with zero attached hydrogens (tertiary/aromatic N) is 2. The van der Waals surface area contributed by atoms with Crippen molar-refractivity contribution >= 4 is 5.69 Å². The Morgan fingerprint density at radius 3 is 2.53 bits per heavy atom. The van der Waals surface area contributed by atoms with Gasteiger partial charge in [-0.2, -0.15) is 0 Å². The molecule has 96 valence electrons. The highest BCUT2D eigenvalue weighted by molar-refractivity contribution is 5.47. The van der Waals surface area contributed by atoms with Crippen LogP contribution in [0.5, 0.6) is 0 Å². The largest absolute Gasteiger partial charge is 0.396 e. The van der Waals surface area contributed by atoms with Gasteiger partial charge < -0.3 is 15.5 Å². The maximum atomic E-state index is 13.2. The minimum Gasteiger partial charge on any atom is -0.396 e. The van der Waals surface area contributed by atoms with Crippen molar-refractivity contribution in [3.8, 4) is 0 Å². The number of hydrogen-bond acceptors (Lipinski definition) is 3. The van der Waals surface area contributed by atoms with Crippen LogP contribution in [-0.4, -0.2) is 44.0 Å². The van der Waals surface area contributed by atoms with E-state index in [0.29, 0.717) is 6.54 Å². The minimum atomic E-state index is -0.329. The monoisotopic (exact) mass is 239 g/mol. The molecule has 1 aromatic carbocycles. The molecule has 4 heteroatoms. The lowest BCUT2D eigenvalue weighted by Gasteiger charge is -2.19. The van der Waals surface area contributed by atoms with Gasteiger partial charge in [0.15, 0.2) is 0 Å². The predicted molar refractivity (Wildman–Crippen MR) is 70.3 cm³/mol. The summed E-state index contributed by atoms with van der Waals surface area (Å²) in [5.41, 5.74) is 6.83. The lowest BCUT2D eigenvalue weighted by atomic mass is 10.1. The lowest BCUT2D eigenvalue weighted by Crippen LogP contribution is -2.23. The number of rotatable bonds is 6. The van der Waals surface area contributed by atoms with Gasteiger partial charge in [0.1, 0.15) is 5.82 Å². The molecule has 1 aromatic rings. The highest BCUT2D eigenvalue weighted by Crippen LogP contribution is 2.17. The molecule has 1 rings (SSSR count). The summed E-state index contributed by atoms with van der Waals surface area (Å²) in [4.78, 5) is 4.32. The fraction of sp³-hybridized carbons (Fsp3) is 0.538. The van der Waals surface area contributed by atoms with Gasteiger partial charge in [0, 0.05) is 6.54 Å². The van der Waals surface area contributed by atoms with E-state index in [1.54, 1.807) is 6.07 Å². The van der Waals surface area contributed by atoms with E-state index in [-0.39, 0.29) is 11.5 Å². The van der Waals surface area contributed by atoms with Crippen LogP contribution < -0.4 is 5.73 Å². The van der Waals surface area contributed by atoms with E-state index < -0.39 is 0 Å². The molecule has 0 aliphatic heterocycles. The van der Waals surface area contributed by atoms with Crippen LogP contribution in [-0.2, 0) is 6.54 Å². The molecule has 0 saturated heterocycles. The van der Waals surface area contributed by atoms with E-state index in [1.807, 2.05) is 13.1 Å². The van der Waals surface area contributed by atoms with Crippen molar-refractivity contribution in [2.75, 3.05) is 40.0 Å². The van der Waals surface area contributed by atoms with E-state index >= 15 is 0 Å². The Kier molecular flexibility index (Phi) is 5.38. The molecule has 17 heavy (non-hydrogen) atoms. The minimum absolute atomic E-state index is 0.270. The first-order valence-corrected chi connectivity index (χ1v) is 5.87. The van der Waals surface area contributed by atoms with Gasteiger partial charge in [0.2, 0.25) is 0 Å². The average Bonchev–Trinajstić information content (AvgIpc) is 2.24. The second-order valence-electron chi connectivity index (χ2n) is 4.71. The second-order valence-corrected chi connectivity index (χ2v) is 4.71. The first kappa shape index (κ1) is 13.9. The quantitative estimate of drug-likeness (QED) is 0.768. The van der Waals surface area contributed by atoms with Crippen molar-refractivity contribution in [3.63, 3.8) is 0 Å². The van der Waals surface area contributed by atoms with Crippen molar-refractivity contribution < 1.29 is 4.39 Å². The summed E-state index contributed by atoms with van der Waals surface area (Å²) in [5.74, 6) is -0.329. The van der Waals surface area contributed by atoms with Crippen LogP contribution in [0.4, 0.5) is 10.1 Å². The number of para-hydroxylation sites is 1. The Hall–Kier alpha value is -1.13. The molecule has 0 aliphatic carbocycles. The van der Waals surface area contributed by atoms with Gasteiger partial charge in [-0.1, -0.05) is 12.1 Å². The molecule has 0 radical (unpaired) electrons. The van der Waals surface area contributed by atoms with E-state index in [0.717, 1.165) is 25.1 Å². The van der Waals surface area contributed by atoms with Crippen LogP contribution in [0.1, 0.15) is 12.0 Å². The number of nitrogens with two attached hydrogens (primary N) is 1. The molecule has 0 aromatic heterocycles. The summed E-state index contributed by atoms with van der Waals surface area (Å²) in [6.07, 6.45) is 1.10. The van der Waals surface area contributed by atoms with Crippen molar-refractivity contribution in [2.45, 2.75) is 13.0 Å². The standard InChI is InChI=1S/C13H22FN3/c1-16(2)8-5-9-17(3)10-11-6-4-7-12(14)13(11)15/h4,6-7H,5,8-10,15H2,1-3H3. The van der Waals surface area contributed by atoms with Crippen molar-refractivity contribution in [1.29, 1.82) is 0 Å². The summed E-state index contributed by atoms with van der Waals surface area (Å²) in [6, 6.07) is 4.97. The summed E-state index contributed by atoms with van der Waals surface area (Å²) in [7, 11) is 6.15. The summed E-state index contributed by atoms with van der Waals surface area (Å²) in [5, 5.41) is 0. The second kappa shape index (κ2) is 6.57. The molecule has 0 spiro atoms. The van der Waals surface area contributed by atoms with Gasteiger partial charge >= 0.3 is 0 Å². The van der Waals surface area contributed by atoms with Crippen molar-refractivity contribution in [2.24, 2.45) is 0 Å². The molecule has 0 fully saturated rings. The Bertz CT molecular complexity index is 353.